The second kappa shape index (κ2) is 7.39. The van der Waals surface area contributed by atoms with E-state index in [4.69, 9.17) is 0 Å². The maximum atomic E-state index is 10.3. The molecule has 1 aliphatic heterocycles. The Hall–Kier alpha value is -0.900. The van der Waals surface area contributed by atoms with Crippen molar-refractivity contribution in [2.75, 3.05) is 13.1 Å². The lowest BCUT2D eigenvalue weighted by atomic mass is 9.79. The zero-order valence-corrected chi connectivity index (χ0v) is 12.8. The highest BCUT2D eigenvalue weighted by atomic mass is 16.3. The van der Waals surface area contributed by atoms with Crippen LogP contribution in [0.15, 0.2) is 30.3 Å². The van der Waals surface area contributed by atoms with Gasteiger partial charge in [0, 0.05) is 18.6 Å². The molecule has 116 valence electrons. The summed E-state index contributed by atoms with van der Waals surface area (Å²) in [6.45, 7) is 1.85. The zero-order chi connectivity index (χ0) is 14.5. The fraction of sp³-hybridized carbons (Fsp3) is 0.667. The average Bonchev–Trinajstić information content (AvgIpc) is 3.08. The Balaban J connectivity index is 1.54. The highest BCUT2D eigenvalue weighted by molar-refractivity contribution is 5.17. The predicted molar refractivity (Wildman–Crippen MR) is 86.2 cm³/mol. The summed E-state index contributed by atoms with van der Waals surface area (Å²) >= 11 is 0. The molecule has 21 heavy (non-hydrogen) atoms. The Kier molecular flexibility index (Phi) is 5.28. The Morgan fingerprint density at radius 1 is 1.10 bits per heavy atom. The average molecular weight is 288 g/mol. The summed E-state index contributed by atoms with van der Waals surface area (Å²) in [6, 6.07) is 11.2. The van der Waals surface area contributed by atoms with Gasteiger partial charge in [0.05, 0.1) is 6.10 Å². The fourth-order valence-electron chi connectivity index (χ4n) is 4.03. The second-order valence-electron chi connectivity index (χ2n) is 6.59. The Bertz CT molecular complexity index is 416. The molecule has 3 heteroatoms. The van der Waals surface area contributed by atoms with Gasteiger partial charge in [-0.2, -0.15) is 0 Å². The summed E-state index contributed by atoms with van der Waals surface area (Å²) < 4.78 is 0. The first-order valence-corrected chi connectivity index (χ1v) is 8.54. The topological polar surface area (TPSA) is 44.3 Å². The largest absolute Gasteiger partial charge is 0.387 e. The highest BCUT2D eigenvalue weighted by Gasteiger charge is 2.33. The molecular weight excluding hydrogens is 260 g/mol. The normalized spacial score (nSPS) is 31.2. The lowest BCUT2D eigenvalue weighted by Gasteiger charge is -2.36. The lowest BCUT2D eigenvalue weighted by Crippen LogP contribution is -2.47. The van der Waals surface area contributed by atoms with Crippen molar-refractivity contribution in [3.63, 3.8) is 0 Å². The summed E-state index contributed by atoms with van der Waals surface area (Å²) in [5, 5.41) is 17.7. The third kappa shape index (κ3) is 3.85. The van der Waals surface area contributed by atoms with E-state index in [9.17, 15) is 5.11 Å². The fourth-order valence-corrected chi connectivity index (χ4v) is 4.03. The van der Waals surface area contributed by atoms with Gasteiger partial charge in [-0.15, -0.1) is 0 Å². The summed E-state index contributed by atoms with van der Waals surface area (Å²) in [6.07, 6.45) is 7.52. The first-order chi connectivity index (χ1) is 10.3. The third-order valence-corrected chi connectivity index (χ3v) is 5.19. The number of aliphatic hydroxyl groups is 1. The van der Waals surface area contributed by atoms with Gasteiger partial charge in [-0.1, -0.05) is 43.2 Å². The summed E-state index contributed by atoms with van der Waals surface area (Å²) in [5.41, 5.74) is 1.01. The van der Waals surface area contributed by atoms with Crippen molar-refractivity contribution < 1.29 is 5.11 Å². The molecule has 1 saturated carbocycles. The van der Waals surface area contributed by atoms with Crippen molar-refractivity contribution in [2.45, 2.75) is 56.7 Å². The molecule has 3 rings (SSSR count). The van der Waals surface area contributed by atoms with Crippen LogP contribution in [0.3, 0.4) is 0 Å². The molecule has 1 aromatic rings. The minimum atomic E-state index is -0.398. The van der Waals surface area contributed by atoms with Crippen molar-refractivity contribution in [1.82, 2.24) is 10.6 Å². The number of hydrogen-bond donors (Lipinski definition) is 3. The number of benzene rings is 1. The Labute approximate surface area is 128 Å². The molecule has 1 aliphatic carbocycles. The molecule has 0 amide bonds. The second-order valence-corrected chi connectivity index (χ2v) is 6.59. The van der Waals surface area contributed by atoms with E-state index in [1.165, 1.54) is 45.1 Å². The standard InChI is InChI=1S/C18H28N2O/c21-18(14-7-2-1-3-8-14)13-20-17-10-5-4-9-15(17)16-11-6-12-19-16/h1-3,7-8,15-21H,4-6,9-13H2. The Morgan fingerprint density at radius 2 is 1.90 bits per heavy atom. The van der Waals surface area contributed by atoms with E-state index in [0.29, 0.717) is 18.6 Å². The summed E-state index contributed by atoms with van der Waals surface area (Å²) in [7, 11) is 0. The molecule has 2 aliphatic rings. The van der Waals surface area contributed by atoms with E-state index in [1.807, 2.05) is 30.3 Å². The first kappa shape index (κ1) is 15.0. The number of rotatable bonds is 5. The predicted octanol–water partition coefficient (Wildman–Crippen LogP) is 2.62. The molecule has 3 nitrogen and oxygen atoms in total. The van der Waals surface area contributed by atoms with Gasteiger partial charge in [0.2, 0.25) is 0 Å². The van der Waals surface area contributed by atoms with Gasteiger partial charge in [-0.05, 0) is 43.7 Å². The van der Waals surface area contributed by atoms with E-state index in [-0.39, 0.29) is 0 Å². The van der Waals surface area contributed by atoms with Crippen LogP contribution in [0.4, 0.5) is 0 Å². The van der Waals surface area contributed by atoms with E-state index in [0.717, 1.165) is 11.5 Å². The molecule has 3 N–H and O–H groups in total. The van der Waals surface area contributed by atoms with Crippen LogP contribution in [0.1, 0.15) is 50.2 Å². The van der Waals surface area contributed by atoms with Crippen LogP contribution in [0.2, 0.25) is 0 Å². The van der Waals surface area contributed by atoms with Gasteiger partial charge < -0.3 is 15.7 Å². The van der Waals surface area contributed by atoms with Gasteiger partial charge in [-0.3, -0.25) is 0 Å². The first-order valence-electron chi connectivity index (χ1n) is 8.54. The van der Waals surface area contributed by atoms with Crippen molar-refractivity contribution in [1.29, 1.82) is 0 Å². The number of nitrogens with one attached hydrogen (secondary N) is 2. The van der Waals surface area contributed by atoms with E-state index >= 15 is 0 Å². The molecule has 1 heterocycles. The number of aliphatic hydroxyl groups excluding tert-OH is 1. The van der Waals surface area contributed by atoms with Crippen molar-refractivity contribution in [2.24, 2.45) is 5.92 Å². The third-order valence-electron chi connectivity index (χ3n) is 5.19. The van der Waals surface area contributed by atoms with Crippen LogP contribution in [0, 0.1) is 5.92 Å². The molecule has 4 atom stereocenters. The molecule has 1 saturated heterocycles. The molecule has 0 bridgehead atoms. The van der Waals surface area contributed by atoms with Gasteiger partial charge in [-0.25, -0.2) is 0 Å². The van der Waals surface area contributed by atoms with Gasteiger partial charge >= 0.3 is 0 Å². The molecular formula is C18H28N2O. The van der Waals surface area contributed by atoms with Gasteiger partial charge in [0.1, 0.15) is 0 Å². The van der Waals surface area contributed by atoms with Crippen molar-refractivity contribution >= 4 is 0 Å². The maximum Gasteiger partial charge on any atom is 0.0914 e. The highest BCUT2D eigenvalue weighted by Crippen LogP contribution is 2.30. The minimum absolute atomic E-state index is 0.398. The summed E-state index contributed by atoms with van der Waals surface area (Å²) in [4.78, 5) is 0. The van der Waals surface area contributed by atoms with Crippen molar-refractivity contribution in [3.8, 4) is 0 Å². The van der Waals surface area contributed by atoms with Crippen LogP contribution in [0.5, 0.6) is 0 Å². The quantitative estimate of drug-likeness (QED) is 0.780. The molecule has 0 radical (unpaired) electrons. The van der Waals surface area contributed by atoms with Gasteiger partial charge in [0.25, 0.3) is 0 Å². The van der Waals surface area contributed by atoms with E-state index in [1.54, 1.807) is 0 Å². The van der Waals surface area contributed by atoms with Gasteiger partial charge in [0.15, 0.2) is 0 Å². The Morgan fingerprint density at radius 3 is 2.67 bits per heavy atom. The smallest absolute Gasteiger partial charge is 0.0914 e. The van der Waals surface area contributed by atoms with Crippen LogP contribution in [-0.4, -0.2) is 30.3 Å². The molecule has 0 spiro atoms. The molecule has 1 aromatic carbocycles. The SMILES string of the molecule is OC(CNC1CCCCC1C1CCCN1)c1ccccc1. The van der Waals surface area contributed by atoms with Crippen LogP contribution >= 0.6 is 0 Å². The van der Waals surface area contributed by atoms with Crippen LogP contribution in [-0.2, 0) is 0 Å². The maximum absolute atomic E-state index is 10.3. The lowest BCUT2D eigenvalue weighted by molar-refractivity contribution is 0.147. The molecule has 0 aromatic heterocycles. The summed E-state index contributed by atoms with van der Waals surface area (Å²) in [5.74, 6) is 0.740. The van der Waals surface area contributed by atoms with Crippen LogP contribution in [0.25, 0.3) is 0 Å². The monoisotopic (exact) mass is 288 g/mol. The van der Waals surface area contributed by atoms with E-state index < -0.39 is 6.10 Å². The minimum Gasteiger partial charge on any atom is -0.387 e. The molecule has 2 fully saturated rings. The zero-order valence-electron chi connectivity index (χ0n) is 12.8. The van der Waals surface area contributed by atoms with Crippen molar-refractivity contribution in [3.05, 3.63) is 35.9 Å². The molecule has 4 unspecified atom stereocenters. The van der Waals surface area contributed by atoms with Crippen LogP contribution < -0.4 is 10.6 Å². The number of hydrogen-bond acceptors (Lipinski definition) is 3. The van der Waals surface area contributed by atoms with E-state index in [2.05, 4.69) is 10.6 Å².